The third-order valence-corrected chi connectivity index (χ3v) is 3.70. The maximum absolute atomic E-state index is 5.56. The highest BCUT2D eigenvalue weighted by Crippen LogP contribution is 2.28. The molecular formula is C12H19N5. The van der Waals surface area contributed by atoms with Gasteiger partial charge in [-0.3, -0.25) is 0 Å². The predicted molar refractivity (Wildman–Crippen MR) is 67.9 cm³/mol. The first-order valence-electron chi connectivity index (χ1n) is 6.50. The van der Waals surface area contributed by atoms with E-state index in [0.717, 1.165) is 37.7 Å². The second-order valence-corrected chi connectivity index (χ2v) is 4.84. The Morgan fingerprint density at radius 2 is 1.82 bits per heavy atom. The van der Waals surface area contributed by atoms with Crippen LogP contribution in [0.4, 0.5) is 11.8 Å². The van der Waals surface area contributed by atoms with E-state index < -0.39 is 0 Å². The van der Waals surface area contributed by atoms with Gasteiger partial charge in [-0.05, 0) is 38.5 Å². The number of piperidine rings is 1. The largest absolute Gasteiger partial charge is 0.341 e. The van der Waals surface area contributed by atoms with Crippen LogP contribution in [0.1, 0.15) is 36.9 Å². The highest BCUT2D eigenvalue weighted by atomic mass is 15.3. The van der Waals surface area contributed by atoms with Crippen LogP contribution >= 0.6 is 0 Å². The van der Waals surface area contributed by atoms with Gasteiger partial charge in [0.05, 0.1) is 5.69 Å². The van der Waals surface area contributed by atoms with Gasteiger partial charge >= 0.3 is 0 Å². The molecule has 1 saturated heterocycles. The van der Waals surface area contributed by atoms with E-state index in [1.807, 2.05) is 0 Å². The number of rotatable bonds is 2. The van der Waals surface area contributed by atoms with Crippen molar-refractivity contribution >= 4 is 11.8 Å². The molecule has 1 aromatic heterocycles. The van der Waals surface area contributed by atoms with Gasteiger partial charge in [-0.2, -0.15) is 4.98 Å². The summed E-state index contributed by atoms with van der Waals surface area (Å²) in [6, 6.07) is 0. The maximum Gasteiger partial charge on any atom is 0.227 e. The van der Waals surface area contributed by atoms with Crippen LogP contribution in [0.2, 0.25) is 0 Å². The van der Waals surface area contributed by atoms with Crippen molar-refractivity contribution in [2.75, 3.05) is 23.4 Å². The smallest absolute Gasteiger partial charge is 0.227 e. The summed E-state index contributed by atoms with van der Waals surface area (Å²) in [5.41, 5.74) is 5.13. The summed E-state index contributed by atoms with van der Waals surface area (Å²) in [5, 5.41) is 0. The van der Waals surface area contributed by atoms with E-state index in [-0.39, 0.29) is 0 Å². The number of hydrogen-bond donors (Lipinski definition) is 2. The molecule has 0 radical (unpaired) electrons. The molecule has 1 aromatic rings. The molecule has 0 bridgehead atoms. The molecule has 3 N–H and O–H groups in total. The van der Waals surface area contributed by atoms with Crippen LogP contribution in [0.25, 0.3) is 0 Å². The van der Waals surface area contributed by atoms with E-state index in [9.17, 15) is 0 Å². The van der Waals surface area contributed by atoms with E-state index in [2.05, 4.69) is 15.3 Å². The van der Waals surface area contributed by atoms with Gasteiger partial charge in [-0.1, -0.05) is 0 Å². The minimum Gasteiger partial charge on any atom is -0.341 e. The third kappa shape index (κ3) is 1.95. The van der Waals surface area contributed by atoms with Gasteiger partial charge in [0, 0.05) is 18.7 Å². The van der Waals surface area contributed by atoms with Gasteiger partial charge in [0.15, 0.2) is 0 Å². The molecule has 3 rings (SSSR count). The summed E-state index contributed by atoms with van der Waals surface area (Å²) in [7, 11) is 0. The molecule has 0 amide bonds. The molecular weight excluding hydrogens is 214 g/mol. The zero-order valence-electron chi connectivity index (χ0n) is 10.1. The van der Waals surface area contributed by atoms with Crippen LogP contribution in [0.15, 0.2) is 0 Å². The molecule has 0 aromatic carbocycles. The lowest BCUT2D eigenvalue weighted by molar-refractivity contribution is 0.567. The van der Waals surface area contributed by atoms with Crippen LogP contribution in [0, 0.1) is 0 Å². The monoisotopic (exact) mass is 233 g/mol. The highest BCUT2D eigenvalue weighted by Gasteiger charge is 2.21. The molecule has 2 heterocycles. The summed E-state index contributed by atoms with van der Waals surface area (Å²) >= 11 is 0. The average Bonchev–Trinajstić information content (AvgIpc) is 2.86. The Bertz CT molecular complexity index is 412. The van der Waals surface area contributed by atoms with Crippen LogP contribution in [0.5, 0.6) is 0 Å². The fourth-order valence-corrected chi connectivity index (χ4v) is 2.77. The molecule has 0 saturated carbocycles. The molecule has 1 fully saturated rings. The van der Waals surface area contributed by atoms with Gasteiger partial charge in [0.1, 0.15) is 5.82 Å². The van der Waals surface area contributed by atoms with Crippen LogP contribution in [-0.4, -0.2) is 23.1 Å². The number of nitrogens with zero attached hydrogens (tertiary/aromatic N) is 3. The Labute approximate surface area is 101 Å². The van der Waals surface area contributed by atoms with E-state index in [4.69, 9.17) is 10.8 Å². The van der Waals surface area contributed by atoms with Crippen LogP contribution < -0.4 is 16.2 Å². The minimum atomic E-state index is 0.827. The Morgan fingerprint density at radius 3 is 2.59 bits per heavy atom. The fourth-order valence-electron chi connectivity index (χ4n) is 2.77. The Hall–Kier alpha value is -1.36. The predicted octanol–water partition coefficient (Wildman–Crippen LogP) is 1.24. The molecule has 1 aliphatic carbocycles. The zero-order chi connectivity index (χ0) is 11.7. The molecule has 2 aliphatic rings. The first kappa shape index (κ1) is 10.8. The molecule has 0 spiro atoms. The van der Waals surface area contributed by atoms with Crippen molar-refractivity contribution in [2.24, 2.45) is 5.84 Å². The van der Waals surface area contributed by atoms with Crippen molar-refractivity contribution in [1.29, 1.82) is 0 Å². The second kappa shape index (κ2) is 4.49. The number of anilines is 2. The van der Waals surface area contributed by atoms with Gasteiger partial charge < -0.3 is 10.3 Å². The highest BCUT2D eigenvalue weighted by molar-refractivity contribution is 5.52. The third-order valence-electron chi connectivity index (χ3n) is 3.70. The SMILES string of the molecule is NNc1nc(N2CCCCC2)nc2c1CCC2. The van der Waals surface area contributed by atoms with Crippen molar-refractivity contribution < 1.29 is 0 Å². The summed E-state index contributed by atoms with van der Waals surface area (Å²) < 4.78 is 0. The normalized spacial score (nSPS) is 19.2. The molecule has 92 valence electrons. The number of nitrogens with one attached hydrogen (secondary N) is 1. The number of aryl methyl sites for hydroxylation is 1. The van der Waals surface area contributed by atoms with Crippen molar-refractivity contribution in [2.45, 2.75) is 38.5 Å². The summed E-state index contributed by atoms with van der Waals surface area (Å²) in [6.45, 7) is 2.14. The van der Waals surface area contributed by atoms with Crippen molar-refractivity contribution in [1.82, 2.24) is 9.97 Å². The molecule has 0 atom stereocenters. The molecule has 5 heteroatoms. The van der Waals surface area contributed by atoms with Crippen molar-refractivity contribution in [3.05, 3.63) is 11.3 Å². The molecule has 17 heavy (non-hydrogen) atoms. The fraction of sp³-hybridized carbons (Fsp3) is 0.667. The molecule has 0 unspecified atom stereocenters. The number of hydrogen-bond acceptors (Lipinski definition) is 5. The van der Waals surface area contributed by atoms with E-state index in [0.29, 0.717) is 0 Å². The van der Waals surface area contributed by atoms with Crippen molar-refractivity contribution in [3.8, 4) is 0 Å². The lowest BCUT2D eigenvalue weighted by Crippen LogP contribution is -2.31. The minimum absolute atomic E-state index is 0.827. The van der Waals surface area contributed by atoms with Crippen LogP contribution in [-0.2, 0) is 12.8 Å². The quantitative estimate of drug-likeness (QED) is 0.594. The lowest BCUT2D eigenvalue weighted by atomic mass is 10.1. The Balaban J connectivity index is 1.94. The van der Waals surface area contributed by atoms with Crippen LogP contribution in [0.3, 0.4) is 0 Å². The first-order valence-corrected chi connectivity index (χ1v) is 6.50. The summed E-state index contributed by atoms with van der Waals surface area (Å²) in [4.78, 5) is 11.6. The van der Waals surface area contributed by atoms with Crippen molar-refractivity contribution in [3.63, 3.8) is 0 Å². The standard InChI is InChI=1S/C12H19N5/c13-16-11-9-5-4-6-10(9)14-12(15-11)17-7-2-1-3-8-17/h1-8,13H2,(H,14,15,16). The number of fused-ring (bicyclic) bond motifs is 1. The molecule has 5 nitrogen and oxygen atoms in total. The lowest BCUT2D eigenvalue weighted by Gasteiger charge is -2.27. The molecule has 1 aliphatic heterocycles. The van der Waals surface area contributed by atoms with E-state index in [1.54, 1.807) is 0 Å². The Kier molecular flexibility index (Phi) is 2.84. The summed E-state index contributed by atoms with van der Waals surface area (Å²) in [5.74, 6) is 7.25. The summed E-state index contributed by atoms with van der Waals surface area (Å²) in [6.07, 6.45) is 7.09. The number of aromatic nitrogens is 2. The number of nitrogens with two attached hydrogens (primary N) is 1. The number of nitrogen functional groups attached to an aromatic ring is 1. The second-order valence-electron chi connectivity index (χ2n) is 4.84. The maximum atomic E-state index is 5.56. The van der Waals surface area contributed by atoms with Gasteiger partial charge in [0.25, 0.3) is 0 Å². The van der Waals surface area contributed by atoms with Gasteiger partial charge in [-0.15, -0.1) is 0 Å². The van der Waals surface area contributed by atoms with Gasteiger partial charge in [-0.25, -0.2) is 10.8 Å². The topological polar surface area (TPSA) is 67.1 Å². The van der Waals surface area contributed by atoms with E-state index in [1.165, 1.54) is 36.9 Å². The number of hydrazine groups is 1. The zero-order valence-corrected chi connectivity index (χ0v) is 10.1. The first-order chi connectivity index (χ1) is 8.38. The van der Waals surface area contributed by atoms with Gasteiger partial charge in [0.2, 0.25) is 5.95 Å². The Morgan fingerprint density at radius 1 is 1.00 bits per heavy atom. The average molecular weight is 233 g/mol. The van der Waals surface area contributed by atoms with E-state index >= 15 is 0 Å².